The largest absolute Gasteiger partial charge is 0.497 e. The van der Waals surface area contributed by atoms with Crippen molar-refractivity contribution in [2.24, 2.45) is 0 Å². The summed E-state index contributed by atoms with van der Waals surface area (Å²) < 4.78 is 15.3. The number of aliphatic hydroxyl groups excluding tert-OH is 1. The summed E-state index contributed by atoms with van der Waals surface area (Å²) >= 11 is 0. The van der Waals surface area contributed by atoms with Crippen LogP contribution in [0.15, 0.2) is 42.5 Å². The van der Waals surface area contributed by atoms with Crippen molar-refractivity contribution in [2.75, 3.05) is 44.1 Å². The van der Waals surface area contributed by atoms with Gasteiger partial charge in [0.2, 0.25) is 0 Å². The normalized spacial score (nSPS) is 14.2. The monoisotopic (exact) mass is 401 g/mol. The van der Waals surface area contributed by atoms with Crippen LogP contribution in [0.1, 0.15) is 11.7 Å². The molecule has 1 atom stereocenters. The first kappa shape index (κ1) is 20.3. The van der Waals surface area contributed by atoms with Gasteiger partial charge in [0.1, 0.15) is 24.2 Å². The van der Waals surface area contributed by atoms with E-state index in [1.807, 2.05) is 0 Å². The number of cyclic esters (lactones) is 1. The standard InChI is InChI=1S/C20H23N3O6/c1-27-15-7-8-18(28-2)16(11-15)17(24)12-21-19(25)22-13-3-5-14(6-4-13)23-9-10-29-20(23)26/h3-8,11,17,24H,9-10,12H2,1-2H3,(H2,21,22,25)/t17-/m1/s1. The van der Waals surface area contributed by atoms with Gasteiger partial charge in [-0.05, 0) is 42.5 Å². The molecular weight excluding hydrogens is 378 g/mol. The number of hydrogen-bond donors (Lipinski definition) is 3. The summed E-state index contributed by atoms with van der Waals surface area (Å²) in [5.41, 5.74) is 1.75. The van der Waals surface area contributed by atoms with Crippen molar-refractivity contribution < 1.29 is 28.9 Å². The number of carbonyl (C=O) groups excluding carboxylic acids is 2. The second-order valence-electron chi connectivity index (χ2n) is 6.27. The number of ether oxygens (including phenoxy) is 3. The predicted molar refractivity (Wildman–Crippen MR) is 107 cm³/mol. The van der Waals surface area contributed by atoms with E-state index in [0.717, 1.165) is 0 Å². The Bertz CT molecular complexity index is 871. The van der Waals surface area contributed by atoms with E-state index in [9.17, 15) is 14.7 Å². The molecule has 0 aliphatic carbocycles. The first-order valence-electron chi connectivity index (χ1n) is 9.01. The van der Waals surface area contributed by atoms with E-state index in [-0.39, 0.29) is 12.6 Å². The highest BCUT2D eigenvalue weighted by Gasteiger charge is 2.23. The van der Waals surface area contributed by atoms with Crippen molar-refractivity contribution in [3.05, 3.63) is 48.0 Å². The van der Waals surface area contributed by atoms with Crippen molar-refractivity contribution in [1.29, 1.82) is 0 Å². The van der Waals surface area contributed by atoms with Gasteiger partial charge in [-0.1, -0.05) is 0 Å². The lowest BCUT2D eigenvalue weighted by Crippen LogP contribution is -2.32. The average Bonchev–Trinajstić information content (AvgIpc) is 3.18. The average molecular weight is 401 g/mol. The number of urea groups is 1. The molecule has 154 valence electrons. The number of carbonyl (C=O) groups is 2. The van der Waals surface area contributed by atoms with E-state index in [0.29, 0.717) is 41.6 Å². The van der Waals surface area contributed by atoms with Crippen LogP contribution in [-0.4, -0.2) is 51.1 Å². The number of rotatable bonds is 7. The fourth-order valence-corrected chi connectivity index (χ4v) is 2.93. The molecule has 9 heteroatoms. The van der Waals surface area contributed by atoms with Crippen molar-refractivity contribution in [3.8, 4) is 11.5 Å². The van der Waals surface area contributed by atoms with E-state index < -0.39 is 12.1 Å². The molecule has 1 saturated heterocycles. The molecule has 3 N–H and O–H groups in total. The van der Waals surface area contributed by atoms with Gasteiger partial charge in [0, 0.05) is 23.5 Å². The third-order valence-corrected chi connectivity index (χ3v) is 4.45. The van der Waals surface area contributed by atoms with Gasteiger partial charge in [0.05, 0.1) is 20.8 Å². The number of methoxy groups -OCH3 is 2. The molecule has 2 aromatic carbocycles. The molecule has 0 spiro atoms. The van der Waals surface area contributed by atoms with Gasteiger partial charge >= 0.3 is 12.1 Å². The highest BCUT2D eigenvalue weighted by molar-refractivity contribution is 5.91. The van der Waals surface area contributed by atoms with Crippen LogP contribution in [0.2, 0.25) is 0 Å². The molecule has 9 nitrogen and oxygen atoms in total. The second kappa shape index (κ2) is 9.16. The molecule has 29 heavy (non-hydrogen) atoms. The maximum atomic E-state index is 12.1. The maximum Gasteiger partial charge on any atom is 0.414 e. The van der Waals surface area contributed by atoms with Crippen molar-refractivity contribution >= 4 is 23.5 Å². The Hall–Kier alpha value is -3.46. The Morgan fingerprint density at radius 1 is 1.21 bits per heavy atom. The molecule has 1 fully saturated rings. The third-order valence-electron chi connectivity index (χ3n) is 4.45. The minimum Gasteiger partial charge on any atom is -0.497 e. The quantitative estimate of drug-likeness (QED) is 0.658. The van der Waals surface area contributed by atoms with Gasteiger partial charge in [-0.25, -0.2) is 9.59 Å². The van der Waals surface area contributed by atoms with Gasteiger partial charge < -0.3 is 30.0 Å². The summed E-state index contributed by atoms with van der Waals surface area (Å²) in [6, 6.07) is 11.4. The Kier molecular flexibility index (Phi) is 6.40. The zero-order valence-corrected chi connectivity index (χ0v) is 16.2. The summed E-state index contributed by atoms with van der Waals surface area (Å²) in [6.07, 6.45) is -1.36. The first-order chi connectivity index (χ1) is 14.0. The fraction of sp³-hybridized carbons (Fsp3) is 0.300. The summed E-state index contributed by atoms with van der Waals surface area (Å²) in [7, 11) is 3.03. The second-order valence-corrected chi connectivity index (χ2v) is 6.27. The lowest BCUT2D eigenvalue weighted by Gasteiger charge is -2.17. The van der Waals surface area contributed by atoms with Gasteiger partial charge in [-0.15, -0.1) is 0 Å². The van der Waals surface area contributed by atoms with Crippen LogP contribution >= 0.6 is 0 Å². The Balaban J connectivity index is 1.55. The van der Waals surface area contributed by atoms with E-state index in [4.69, 9.17) is 14.2 Å². The number of nitrogens with zero attached hydrogens (tertiary/aromatic N) is 1. The smallest absolute Gasteiger partial charge is 0.414 e. The van der Waals surface area contributed by atoms with E-state index in [1.54, 1.807) is 42.5 Å². The molecular formula is C20H23N3O6. The van der Waals surface area contributed by atoms with Crippen LogP contribution in [0.4, 0.5) is 21.0 Å². The van der Waals surface area contributed by atoms with E-state index >= 15 is 0 Å². The van der Waals surface area contributed by atoms with Crippen LogP contribution in [0, 0.1) is 0 Å². The number of anilines is 2. The number of benzene rings is 2. The summed E-state index contributed by atoms with van der Waals surface area (Å²) in [6.45, 7) is 0.840. The van der Waals surface area contributed by atoms with Crippen LogP contribution in [0.25, 0.3) is 0 Å². The van der Waals surface area contributed by atoms with Crippen molar-refractivity contribution in [1.82, 2.24) is 5.32 Å². The molecule has 0 unspecified atom stereocenters. The number of nitrogens with one attached hydrogen (secondary N) is 2. The summed E-state index contributed by atoms with van der Waals surface area (Å²) in [4.78, 5) is 25.2. The summed E-state index contributed by atoms with van der Waals surface area (Å²) in [5, 5.41) is 15.7. The maximum absolute atomic E-state index is 12.1. The third kappa shape index (κ3) is 4.88. The minimum atomic E-state index is -0.977. The molecule has 3 rings (SSSR count). The lowest BCUT2D eigenvalue weighted by atomic mass is 10.1. The molecule has 2 aromatic rings. The van der Waals surface area contributed by atoms with Crippen molar-refractivity contribution in [2.45, 2.75) is 6.10 Å². The molecule has 0 saturated carbocycles. The van der Waals surface area contributed by atoms with Crippen LogP contribution in [0.5, 0.6) is 11.5 Å². The van der Waals surface area contributed by atoms with E-state index in [1.165, 1.54) is 19.1 Å². The topological polar surface area (TPSA) is 109 Å². The Labute approximate surface area is 168 Å². The molecule has 1 heterocycles. The van der Waals surface area contributed by atoms with Crippen LogP contribution < -0.4 is 25.0 Å². The molecule has 1 aliphatic rings. The van der Waals surface area contributed by atoms with E-state index in [2.05, 4.69) is 10.6 Å². The highest BCUT2D eigenvalue weighted by Crippen LogP contribution is 2.29. The molecule has 0 aromatic heterocycles. The fourth-order valence-electron chi connectivity index (χ4n) is 2.93. The zero-order valence-electron chi connectivity index (χ0n) is 16.2. The van der Waals surface area contributed by atoms with Gasteiger partial charge in [-0.2, -0.15) is 0 Å². The number of hydrogen-bond acceptors (Lipinski definition) is 6. The zero-order chi connectivity index (χ0) is 20.8. The predicted octanol–water partition coefficient (Wildman–Crippen LogP) is 2.52. The van der Waals surface area contributed by atoms with Gasteiger partial charge in [-0.3, -0.25) is 4.90 Å². The molecule has 3 amide bonds. The first-order valence-corrected chi connectivity index (χ1v) is 9.01. The SMILES string of the molecule is COc1ccc(OC)c([C@H](O)CNC(=O)Nc2ccc(N3CCOC3=O)cc2)c1. The number of aliphatic hydroxyl groups is 1. The lowest BCUT2D eigenvalue weighted by molar-refractivity contribution is 0.170. The van der Waals surface area contributed by atoms with Gasteiger partial charge in [0.15, 0.2) is 0 Å². The number of amides is 3. The van der Waals surface area contributed by atoms with Crippen LogP contribution in [0.3, 0.4) is 0 Å². The summed E-state index contributed by atoms with van der Waals surface area (Å²) in [5.74, 6) is 1.07. The highest BCUT2D eigenvalue weighted by atomic mass is 16.6. The Morgan fingerprint density at radius 3 is 2.59 bits per heavy atom. The van der Waals surface area contributed by atoms with Gasteiger partial charge in [0.25, 0.3) is 0 Å². The minimum absolute atomic E-state index is 0.0208. The van der Waals surface area contributed by atoms with Crippen LogP contribution in [-0.2, 0) is 4.74 Å². The Morgan fingerprint density at radius 2 is 1.97 bits per heavy atom. The molecule has 0 bridgehead atoms. The molecule has 0 radical (unpaired) electrons. The molecule has 1 aliphatic heterocycles. The van der Waals surface area contributed by atoms with Crippen molar-refractivity contribution in [3.63, 3.8) is 0 Å².